The number of allylic oxidation sites excluding steroid dienone is 7. The Balaban J connectivity index is 5.15. The summed E-state index contributed by atoms with van der Waals surface area (Å²) in [5.74, 6) is -0.525. The van der Waals surface area contributed by atoms with E-state index in [1.54, 1.807) is 26.8 Å². The van der Waals surface area contributed by atoms with Crippen LogP contribution in [0.1, 0.15) is 74.7 Å². The highest BCUT2D eigenvalue weighted by atomic mass is 16.5. The Bertz CT molecular complexity index is 698. The van der Waals surface area contributed by atoms with Crippen LogP contribution in [0.15, 0.2) is 47.6 Å². The highest BCUT2D eigenvalue weighted by Gasteiger charge is 2.43. The van der Waals surface area contributed by atoms with Gasteiger partial charge in [0.05, 0.1) is 0 Å². The number of methoxy groups -OCH3 is 1. The number of aliphatic hydroxyl groups is 1. The average Bonchev–Trinajstić information content (AvgIpc) is 2.71. The van der Waals surface area contributed by atoms with E-state index in [4.69, 9.17) is 4.74 Å². The molecule has 31 heavy (non-hydrogen) atoms. The predicted octanol–water partition coefficient (Wildman–Crippen LogP) is 6.01. The summed E-state index contributed by atoms with van der Waals surface area (Å²) in [6, 6.07) is 0. The standard InChI is InChI=1S/C27H44O4/c1-10-14-19(2)15-12-11-13-16-20(3)17-22(5)25(29)27(8,31-9)26(30)23(6)18-21(4)24(7)28/h11-13,15-16,18,20-22,26,30H,10,14,17H2,1-9H3/b12-11+,16-13?,19-15+,23-18+/t20-,21-,22?,26?,27-/m1/s1. The van der Waals surface area contributed by atoms with Gasteiger partial charge in [-0.25, -0.2) is 0 Å². The lowest BCUT2D eigenvalue weighted by Gasteiger charge is -2.35. The fraction of sp³-hybridized carbons (Fsp3) is 0.630. The van der Waals surface area contributed by atoms with E-state index in [0.29, 0.717) is 12.0 Å². The van der Waals surface area contributed by atoms with Crippen molar-refractivity contribution in [1.82, 2.24) is 0 Å². The van der Waals surface area contributed by atoms with E-state index in [1.807, 2.05) is 25.2 Å². The van der Waals surface area contributed by atoms with Crippen LogP contribution in [0.3, 0.4) is 0 Å². The van der Waals surface area contributed by atoms with Crippen LogP contribution in [-0.4, -0.2) is 35.5 Å². The number of Topliss-reactive ketones (excluding diaryl/α,β-unsaturated/α-hetero) is 2. The molecule has 0 fully saturated rings. The van der Waals surface area contributed by atoms with Crippen LogP contribution in [-0.2, 0) is 14.3 Å². The molecule has 0 saturated heterocycles. The Morgan fingerprint density at radius 1 is 1.06 bits per heavy atom. The average molecular weight is 433 g/mol. The third kappa shape index (κ3) is 9.92. The number of aliphatic hydroxyl groups excluding tert-OH is 1. The maximum Gasteiger partial charge on any atom is 0.170 e. The van der Waals surface area contributed by atoms with Gasteiger partial charge in [-0.05, 0) is 52.0 Å². The Kier molecular flexibility index (Phi) is 13.5. The van der Waals surface area contributed by atoms with Crippen molar-refractivity contribution in [3.8, 4) is 0 Å². The maximum absolute atomic E-state index is 13.2. The molecule has 2 unspecified atom stereocenters. The van der Waals surface area contributed by atoms with E-state index in [-0.39, 0.29) is 29.3 Å². The van der Waals surface area contributed by atoms with Gasteiger partial charge in [0.25, 0.3) is 0 Å². The van der Waals surface area contributed by atoms with Gasteiger partial charge >= 0.3 is 0 Å². The molecule has 0 rings (SSSR count). The zero-order valence-electron chi connectivity index (χ0n) is 21.1. The van der Waals surface area contributed by atoms with Crippen molar-refractivity contribution in [3.05, 3.63) is 47.6 Å². The normalized spacial score (nSPS) is 19.3. The molecule has 0 aromatic carbocycles. The van der Waals surface area contributed by atoms with Gasteiger partial charge in [0.2, 0.25) is 0 Å². The first-order valence-corrected chi connectivity index (χ1v) is 11.4. The minimum atomic E-state index is -1.36. The number of rotatable bonds is 14. The maximum atomic E-state index is 13.2. The van der Waals surface area contributed by atoms with E-state index < -0.39 is 11.7 Å². The zero-order valence-corrected chi connectivity index (χ0v) is 21.1. The number of ether oxygens (including phenoxy) is 1. The number of carbonyl (C=O) groups excluding carboxylic acids is 2. The van der Waals surface area contributed by atoms with Crippen LogP contribution >= 0.6 is 0 Å². The summed E-state index contributed by atoms with van der Waals surface area (Å²) < 4.78 is 5.52. The molecule has 0 bridgehead atoms. The van der Waals surface area contributed by atoms with Crippen LogP contribution in [0.4, 0.5) is 0 Å². The highest BCUT2D eigenvalue weighted by Crippen LogP contribution is 2.29. The zero-order chi connectivity index (χ0) is 24.2. The summed E-state index contributed by atoms with van der Waals surface area (Å²) in [6.07, 6.45) is 13.8. The summed E-state index contributed by atoms with van der Waals surface area (Å²) in [6.45, 7) is 14.9. The Morgan fingerprint density at radius 2 is 1.68 bits per heavy atom. The molecule has 0 aliphatic heterocycles. The van der Waals surface area contributed by atoms with E-state index in [1.165, 1.54) is 19.6 Å². The second-order valence-corrected chi connectivity index (χ2v) is 9.03. The second-order valence-electron chi connectivity index (χ2n) is 9.03. The van der Waals surface area contributed by atoms with Gasteiger partial charge < -0.3 is 9.84 Å². The topological polar surface area (TPSA) is 63.6 Å². The lowest BCUT2D eigenvalue weighted by atomic mass is 9.80. The molecule has 0 heterocycles. The highest BCUT2D eigenvalue weighted by molar-refractivity contribution is 5.90. The summed E-state index contributed by atoms with van der Waals surface area (Å²) in [4.78, 5) is 24.7. The molecule has 4 nitrogen and oxygen atoms in total. The minimum absolute atomic E-state index is 0.0102. The van der Waals surface area contributed by atoms with Crippen LogP contribution in [0.25, 0.3) is 0 Å². The van der Waals surface area contributed by atoms with Crippen molar-refractivity contribution >= 4 is 11.6 Å². The number of hydrogen-bond acceptors (Lipinski definition) is 4. The molecule has 0 saturated carbocycles. The van der Waals surface area contributed by atoms with Crippen molar-refractivity contribution in [2.24, 2.45) is 17.8 Å². The lowest BCUT2D eigenvalue weighted by Crippen LogP contribution is -2.51. The van der Waals surface area contributed by atoms with Crippen molar-refractivity contribution < 1.29 is 19.4 Å². The van der Waals surface area contributed by atoms with Crippen molar-refractivity contribution in [1.29, 1.82) is 0 Å². The molecule has 0 aliphatic carbocycles. The lowest BCUT2D eigenvalue weighted by molar-refractivity contribution is -0.154. The Hall–Kier alpha value is -1.78. The van der Waals surface area contributed by atoms with Crippen molar-refractivity contribution in [3.63, 3.8) is 0 Å². The largest absolute Gasteiger partial charge is 0.385 e. The third-order valence-corrected chi connectivity index (χ3v) is 5.88. The molecule has 0 amide bonds. The molecule has 1 N–H and O–H groups in total. The summed E-state index contributed by atoms with van der Waals surface area (Å²) >= 11 is 0. The van der Waals surface area contributed by atoms with E-state index >= 15 is 0 Å². The van der Waals surface area contributed by atoms with E-state index in [2.05, 4.69) is 32.9 Å². The molecular weight excluding hydrogens is 388 g/mol. The van der Waals surface area contributed by atoms with Gasteiger partial charge in [0.1, 0.15) is 11.9 Å². The van der Waals surface area contributed by atoms with E-state index in [0.717, 1.165) is 12.8 Å². The van der Waals surface area contributed by atoms with Crippen LogP contribution in [0.5, 0.6) is 0 Å². The molecule has 5 atom stereocenters. The van der Waals surface area contributed by atoms with Crippen LogP contribution in [0, 0.1) is 17.8 Å². The summed E-state index contributed by atoms with van der Waals surface area (Å²) in [5.41, 5.74) is 0.567. The summed E-state index contributed by atoms with van der Waals surface area (Å²) in [7, 11) is 1.44. The minimum Gasteiger partial charge on any atom is -0.385 e. The SMILES string of the molecule is CCC/C(C)=C/C=C/C=C[C@@H](C)CC(C)C(=O)[C@@](C)(OC)C(O)/C(C)=C/[C@@H](C)C(C)=O. The molecule has 4 heteroatoms. The van der Waals surface area contributed by atoms with Gasteiger partial charge in [0.15, 0.2) is 11.4 Å². The molecule has 0 spiro atoms. The predicted molar refractivity (Wildman–Crippen MR) is 130 cm³/mol. The molecular formula is C27H44O4. The van der Waals surface area contributed by atoms with Crippen LogP contribution in [0.2, 0.25) is 0 Å². The smallest absolute Gasteiger partial charge is 0.170 e. The Morgan fingerprint density at radius 3 is 2.19 bits per heavy atom. The van der Waals surface area contributed by atoms with Gasteiger partial charge in [-0.2, -0.15) is 0 Å². The van der Waals surface area contributed by atoms with Gasteiger partial charge in [0, 0.05) is 18.9 Å². The first-order chi connectivity index (χ1) is 14.4. The molecule has 176 valence electrons. The Labute approximate surface area is 190 Å². The third-order valence-electron chi connectivity index (χ3n) is 5.88. The molecule has 0 aromatic rings. The fourth-order valence-electron chi connectivity index (χ4n) is 3.63. The fourth-order valence-corrected chi connectivity index (χ4v) is 3.63. The molecule has 0 aromatic heterocycles. The van der Waals surface area contributed by atoms with Gasteiger partial charge in [-0.1, -0.05) is 76.1 Å². The second kappa shape index (κ2) is 14.3. The van der Waals surface area contributed by atoms with Gasteiger partial charge in [-0.15, -0.1) is 0 Å². The summed E-state index contributed by atoms with van der Waals surface area (Å²) in [5, 5.41) is 10.9. The first kappa shape index (κ1) is 29.2. The first-order valence-electron chi connectivity index (χ1n) is 11.4. The molecule has 0 aliphatic rings. The van der Waals surface area contributed by atoms with Gasteiger partial charge in [-0.3, -0.25) is 9.59 Å². The quantitative estimate of drug-likeness (QED) is 0.269. The monoisotopic (exact) mass is 432 g/mol. The number of hydrogen-bond donors (Lipinski definition) is 1. The molecule has 0 radical (unpaired) electrons. The number of carbonyl (C=O) groups is 2. The van der Waals surface area contributed by atoms with Crippen molar-refractivity contribution in [2.75, 3.05) is 7.11 Å². The van der Waals surface area contributed by atoms with Crippen LogP contribution < -0.4 is 0 Å². The van der Waals surface area contributed by atoms with E-state index in [9.17, 15) is 14.7 Å². The number of ketones is 2. The van der Waals surface area contributed by atoms with Crippen molar-refractivity contribution in [2.45, 2.75) is 86.4 Å².